The number of alkyl halides is 3. The number of carbonyl (C=O) groups excluding carboxylic acids is 2. The molecule has 0 radical (unpaired) electrons. The van der Waals surface area contributed by atoms with E-state index in [4.69, 9.17) is 33.3 Å². The fourth-order valence-corrected chi connectivity index (χ4v) is 5.41. The molecule has 2 aliphatic rings. The summed E-state index contributed by atoms with van der Waals surface area (Å²) >= 11 is 12.3. The largest absolute Gasteiger partial charge is 0.431 e. The summed E-state index contributed by atoms with van der Waals surface area (Å²) < 4.78 is 48.6. The van der Waals surface area contributed by atoms with Crippen molar-refractivity contribution in [3.63, 3.8) is 0 Å². The summed E-state index contributed by atoms with van der Waals surface area (Å²) in [6.07, 6.45) is 1.41. The first-order valence-electron chi connectivity index (χ1n) is 12.6. The summed E-state index contributed by atoms with van der Waals surface area (Å²) in [6, 6.07) is -1.17. The fraction of sp³-hybridized carbons (Fsp3) is 0.615. The molecule has 0 bridgehead atoms. The molecule has 1 aliphatic carbocycles. The molecule has 1 aromatic rings. The molecule has 1 aromatic heterocycles. The van der Waals surface area contributed by atoms with Crippen LogP contribution in [0.1, 0.15) is 69.7 Å². The second kappa shape index (κ2) is 12.3. The third kappa shape index (κ3) is 7.48. The van der Waals surface area contributed by atoms with E-state index < -0.39 is 53.4 Å². The van der Waals surface area contributed by atoms with E-state index in [-0.39, 0.29) is 22.2 Å². The molecule has 3 rings (SSSR count). The lowest BCUT2D eigenvalue weighted by Gasteiger charge is -2.40. The maximum absolute atomic E-state index is 14.3. The van der Waals surface area contributed by atoms with E-state index in [1.165, 1.54) is 12.4 Å². The number of halogens is 5. The number of carbonyl (C=O) groups is 2. The summed E-state index contributed by atoms with van der Waals surface area (Å²) in [5.74, 6) is -1.33. The minimum atomic E-state index is -4.91. The summed E-state index contributed by atoms with van der Waals surface area (Å²) in [7, 11) is 0. The van der Waals surface area contributed by atoms with Crippen molar-refractivity contribution < 1.29 is 27.5 Å². The molecule has 38 heavy (non-hydrogen) atoms. The lowest BCUT2D eigenvalue weighted by Crippen LogP contribution is -2.51. The van der Waals surface area contributed by atoms with E-state index in [0.29, 0.717) is 37.8 Å². The van der Waals surface area contributed by atoms with Gasteiger partial charge in [-0.05, 0) is 58.3 Å². The second-order valence-corrected chi connectivity index (χ2v) is 11.4. The van der Waals surface area contributed by atoms with Crippen molar-refractivity contribution in [1.29, 1.82) is 5.41 Å². The van der Waals surface area contributed by atoms with Gasteiger partial charge in [0, 0.05) is 24.7 Å². The average Bonchev–Trinajstić information content (AvgIpc) is 2.83. The van der Waals surface area contributed by atoms with Crippen LogP contribution in [0, 0.1) is 11.3 Å². The van der Waals surface area contributed by atoms with Gasteiger partial charge in [0.05, 0.1) is 46.0 Å². The van der Waals surface area contributed by atoms with Gasteiger partial charge in [-0.3, -0.25) is 14.6 Å². The molecule has 210 valence electrons. The molecular formula is C26H33Cl2F3N4O3. The number of rotatable bonds is 8. The molecule has 1 atom stereocenters. The van der Waals surface area contributed by atoms with Crippen LogP contribution in [-0.2, 0) is 9.53 Å². The van der Waals surface area contributed by atoms with Gasteiger partial charge in [-0.15, -0.1) is 0 Å². The summed E-state index contributed by atoms with van der Waals surface area (Å²) in [4.78, 5) is 31.9. The van der Waals surface area contributed by atoms with Gasteiger partial charge >= 0.3 is 6.18 Å². The predicted octanol–water partition coefficient (Wildman–Crippen LogP) is 5.99. The number of nitrogens with one attached hydrogen (secondary N) is 2. The summed E-state index contributed by atoms with van der Waals surface area (Å²) in [5.41, 5.74) is -2.69. The molecule has 2 fully saturated rings. The van der Waals surface area contributed by atoms with E-state index in [1.807, 2.05) is 20.8 Å². The highest BCUT2D eigenvalue weighted by Crippen LogP contribution is 2.33. The van der Waals surface area contributed by atoms with Crippen molar-refractivity contribution in [2.24, 2.45) is 5.92 Å². The Labute approximate surface area is 230 Å². The Morgan fingerprint density at radius 2 is 1.79 bits per heavy atom. The minimum Gasteiger partial charge on any atom is -0.378 e. The van der Waals surface area contributed by atoms with Crippen molar-refractivity contribution >= 4 is 41.1 Å². The van der Waals surface area contributed by atoms with Crippen LogP contribution in [0.15, 0.2) is 23.7 Å². The lowest BCUT2D eigenvalue weighted by molar-refractivity contribution is -0.138. The Balaban J connectivity index is 1.99. The van der Waals surface area contributed by atoms with Gasteiger partial charge in [0.2, 0.25) is 0 Å². The van der Waals surface area contributed by atoms with Crippen molar-refractivity contribution in [3.8, 4) is 0 Å². The molecule has 1 unspecified atom stereocenters. The Hall–Kier alpha value is -2.17. The van der Waals surface area contributed by atoms with Gasteiger partial charge in [-0.1, -0.05) is 30.1 Å². The van der Waals surface area contributed by atoms with Crippen LogP contribution >= 0.6 is 23.2 Å². The first-order valence-corrected chi connectivity index (χ1v) is 13.3. The van der Waals surface area contributed by atoms with Gasteiger partial charge in [0.15, 0.2) is 5.78 Å². The van der Waals surface area contributed by atoms with E-state index in [1.54, 1.807) is 0 Å². The molecule has 2 N–H and O–H groups in total. The standard InChI is InChI=1S/C26H33Cl2F3N4O3/c1-15-4-6-16(7-5-15)34-23(26(29,30)31)18(10-32)24(37)35(17-8-9-25(2,3)38-14-17)13-21(36)22-19(27)11-33-12-20(22)28/h10-12,15-17,32,34H,4-9,13-14H2,1-3H3/b23-18+,32-10?. The zero-order valence-corrected chi connectivity index (χ0v) is 23.1. The fourth-order valence-electron chi connectivity index (χ4n) is 4.83. The van der Waals surface area contributed by atoms with Gasteiger partial charge in [-0.2, -0.15) is 13.2 Å². The topological polar surface area (TPSA) is 95.4 Å². The Morgan fingerprint density at radius 1 is 1.18 bits per heavy atom. The molecule has 12 heteroatoms. The first-order chi connectivity index (χ1) is 17.7. The van der Waals surface area contributed by atoms with E-state index >= 15 is 0 Å². The molecule has 1 aliphatic heterocycles. The number of nitrogens with zero attached hydrogens (tertiary/aromatic N) is 2. The molecule has 1 saturated heterocycles. The second-order valence-electron chi connectivity index (χ2n) is 10.6. The van der Waals surface area contributed by atoms with E-state index in [2.05, 4.69) is 10.3 Å². The highest BCUT2D eigenvalue weighted by atomic mass is 35.5. The normalized spacial score (nSPS) is 24.3. The first kappa shape index (κ1) is 30.4. The molecule has 0 spiro atoms. The van der Waals surface area contributed by atoms with Gasteiger partial charge < -0.3 is 20.4 Å². The molecule has 7 nitrogen and oxygen atoms in total. The van der Waals surface area contributed by atoms with Crippen molar-refractivity contribution in [2.75, 3.05) is 13.2 Å². The van der Waals surface area contributed by atoms with Crippen molar-refractivity contribution in [1.82, 2.24) is 15.2 Å². The monoisotopic (exact) mass is 576 g/mol. The van der Waals surface area contributed by atoms with Crippen LogP contribution in [0.2, 0.25) is 10.0 Å². The summed E-state index contributed by atoms with van der Waals surface area (Å²) in [6.45, 7) is 5.21. The number of allylic oxidation sites excluding steroid dienone is 1. The highest BCUT2D eigenvalue weighted by Gasteiger charge is 2.42. The smallest absolute Gasteiger partial charge is 0.378 e. The Bertz CT molecular complexity index is 1060. The van der Waals surface area contributed by atoms with Crippen LogP contribution in [0.25, 0.3) is 0 Å². The third-order valence-electron chi connectivity index (χ3n) is 7.19. The van der Waals surface area contributed by atoms with Gasteiger partial charge in [-0.25, -0.2) is 0 Å². The van der Waals surface area contributed by atoms with Gasteiger partial charge in [0.1, 0.15) is 5.70 Å². The Kier molecular flexibility index (Phi) is 9.87. The molecule has 1 amide bonds. The summed E-state index contributed by atoms with van der Waals surface area (Å²) in [5, 5.41) is 10.2. The number of pyridine rings is 1. The number of ketones is 1. The highest BCUT2D eigenvalue weighted by molar-refractivity contribution is 6.39. The minimum absolute atomic E-state index is 0.0183. The Morgan fingerprint density at radius 3 is 2.29 bits per heavy atom. The van der Waals surface area contributed by atoms with Crippen LogP contribution in [0.5, 0.6) is 0 Å². The maximum atomic E-state index is 14.3. The maximum Gasteiger partial charge on any atom is 0.431 e. The van der Waals surface area contributed by atoms with Crippen molar-refractivity contribution in [2.45, 2.75) is 83.2 Å². The third-order valence-corrected chi connectivity index (χ3v) is 7.76. The molecule has 2 heterocycles. The quantitative estimate of drug-likeness (QED) is 0.225. The zero-order chi connectivity index (χ0) is 28.3. The molecule has 1 saturated carbocycles. The SMILES string of the molecule is CC1CCC(N/C(=C(\C=N)C(=O)N(CC(=O)c2c(Cl)cncc2Cl)C2CCC(C)(C)OC2)C(F)(F)F)CC1. The van der Waals surface area contributed by atoms with E-state index in [0.717, 1.165) is 17.7 Å². The number of ether oxygens (including phenoxy) is 1. The predicted molar refractivity (Wildman–Crippen MR) is 140 cm³/mol. The number of Topliss-reactive ketones (excluding diaryl/α,β-unsaturated/α-hetero) is 1. The van der Waals surface area contributed by atoms with Crippen LogP contribution in [-0.4, -0.2) is 64.8 Å². The number of amides is 1. The van der Waals surface area contributed by atoms with Crippen LogP contribution < -0.4 is 5.32 Å². The van der Waals surface area contributed by atoms with Crippen molar-refractivity contribution in [3.05, 3.63) is 39.3 Å². The van der Waals surface area contributed by atoms with E-state index in [9.17, 15) is 22.8 Å². The molecule has 0 aromatic carbocycles. The average molecular weight is 577 g/mol. The van der Waals surface area contributed by atoms with Crippen LogP contribution in [0.4, 0.5) is 13.2 Å². The van der Waals surface area contributed by atoms with Gasteiger partial charge in [0.25, 0.3) is 5.91 Å². The number of hydrogen-bond acceptors (Lipinski definition) is 6. The lowest BCUT2D eigenvalue weighted by atomic mass is 9.87. The van der Waals surface area contributed by atoms with Crippen LogP contribution in [0.3, 0.4) is 0 Å². The number of hydrogen-bond donors (Lipinski definition) is 2. The number of aromatic nitrogens is 1. The zero-order valence-electron chi connectivity index (χ0n) is 21.6. The molecular weight excluding hydrogens is 544 g/mol.